The summed E-state index contributed by atoms with van der Waals surface area (Å²) in [6.45, 7) is 1.92. The lowest BCUT2D eigenvalue weighted by Crippen LogP contribution is -2.15. The zero-order chi connectivity index (χ0) is 17.2. The molecule has 1 heterocycles. The summed E-state index contributed by atoms with van der Waals surface area (Å²) in [5, 5.41) is 4.29. The van der Waals surface area contributed by atoms with Crippen LogP contribution in [0.3, 0.4) is 0 Å². The topological polar surface area (TPSA) is 72.2 Å². The Balaban J connectivity index is 1.83. The minimum atomic E-state index is -3.62. The van der Waals surface area contributed by atoms with Crippen LogP contribution in [0.15, 0.2) is 59.3 Å². The van der Waals surface area contributed by atoms with Crippen LogP contribution in [0.5, 0.6) is 0 Å². The van der Waals surface area contributed by atoms with Gasteiger partial charge in [-0.15, -0.1) is 0 Å². The van der Waals surface area contributed by atoms with Crippen molar-refractivity contribution in [1.29, 1.82) is 0 Å². The summed E-state index contributed by atoms with van der Waals surface area (Å²) in [4.78, 5) is 0. The number of rotatable bonds is 5. The summed E-state index contributed by atoms with van der Waals surface area (Å²) in [5.74, 6) is -0.0555. The number of hydrogen-bond acceptors (Lipinski definition) is 4. The Morgan fingerprint density at radius 1 is 1.17 bits per heavy atom. The van der Waals surface area contributed by atoms with Crippen LogP contribution in [-0.4, -0.2) is 13.6 Å². The number of sulfonamides is 1. The zero-order valence-corrected chi connectivity index (χ0v) is 14.4. The average molecular weight is 363 g/mol. The first-order valence-electron chi connectivity index (χ1n) is 7.19. The van der Waals surface area contributed by atoms with Crippen LogP contribution in [-0.2, 0) is 15.8 Å². The number of aryl methyl sites for hydroxylation is 1. The molecule has 2 aromatic carbocycles. The molecule has 0 atom stereocenters. The van der Waals surface area contributed by atoms with Gasteiger partial charge in [-0.05, 0) is 30.2 Å². The predicted molar refractivity (Wildman–Crippen MR) is 94.4 cm³/mol. The van der Waals surface area contributed by atoms with Gasteiger partial charge in [-0.3, -0.25) is 4.72 Å². The molecule has 0 radical (unpaired) electrons. The molecule has 0 spiro atoms. The van der Waals surface area contributed by atoms with Crippen LogP contribution in [0, 0.1) is 6.92 Å². The number of hydrogen-bond donors (Lipinski definition) is 1. The third-order valence-corrected chi connectivity index (χ3v) is 4.87. The first-order valence-corrected chi connectivity index (χ1v) is 9.23. The molecule has 7 heteroatoms. The molecule has 5 nitrogen and oxygen atoms in total. The quantitative estimate of drug-likeness (QED) is 0.736. The van der Waals surface area contributed by atoms with Crippen molar-refractivity contribution in [1.82, 2.24) is 5.16 Å². The van der Waals surface area contributed by atoms with Crippen molar-refractivity contribution in [3.8, 4) is 11.1 Å². The summed E-state index contributed by atoms with van der Waals surface area (Å²) >= 11 is 5.87. The molecule has 0 amide bonds. The molecule has 24 heavy (non-hydrogen) atoms. The van der Waals surface area contributed by atoms with Gasteiger partial charge in [-0.25, -0.2) is 8.42 Å². The molecule has 1 aromatic heterocycles. The van der Waals surface area contributed by atoms with Gasteiger partial charge in [-0.1, -0.05) is 58.7 Å². The van der Waals surface area contributed by atoms with E-state index in [4.69, 9.17) is 16.1 Å². The van der Waals surface area contributed by atoms with Crippen molar-refractivity contribution >= 4 is 27.5 Å². The Bertz CT molecular complexity index is 950. The summed E-state index contributed by atoms with van der Waals surface area (Å²) in [7, 11) is -3.62. The largest absolute Gasteiger partial charge is 0.337 e. The smallest absolute Gasteiger partial charge is 0.245 e. The Morgan fingerprint density at radius 2 is 1.92 bits per heavy atom. The van der Waals surface area contributed by atoms with E-state index in [1.54, 1.807) is 30.3 Å². The van der Waals surface area contributed by atoms with Gasteiger partial charge in [0.1, 0.15) is 0 Å². The van der Waals surface area contributed by atoms with Crippen LogP contribution in [0.2, 0.25) is 5.02 Å². The van der Waals surface area contributed by atoms with E-state index in [1.807, 2.05) is 25.1 Å². The monoisotopic (exact) mass is 362 g/mol. The van der Waals surface area contributed by atoms with Crippen molar-refractivity contribution < 1.29 is 12.9 Å². The number of anilines is 1. The van der Waals surface area contributed by atoms with Crippen LogP contribution < -0.4 is 4.72 Å². The molecule has 0 unspecified atom stereocenters. The van der Waals surface area contributed by atoms with Crippen molar-refractivity contribution in [3.05, 3.63) is 70.9 Å². The maximum atomic E-state index is 12.4. The Labute approximate surface area is 145 Å². The van der Waals surface area contributed by atoms with Crippen LogP contribution in [0.1, 0.15) is 11.1 Å². The van der Waals surface area contributed by atoms with E-state index in [0.29, 0.717) is 16.1 Å². The van der Waals surface area contributed by atoms with E-state index < -0.39 is 10.0 Å². The number of halogens is 1. The summed E-state index contributed by atoms with van der Waals surface area (Å²) < 4.78 is 32.3. The number of nitrogens with one attached hydrogen (secondary N) is 1. The highest BCUT2D eigenvalue weighted by Gasteiger charge is 2.18. The van der Waals surface area contributed by atoms with Gasteiger partial charge in [0.25, 0.3) is 0 Å². The molecule has 0 aliphatic heterocycles. The summed E-state index contributed by atoms with van der Waals surface area (Å²) in [5.41, 5.74) is 3.02. The highest BCUT2D eigenvalue weighted by atomic mass is 35.5. The van der Waals surface area contributed by atoms with Crippen molar-refractivity contribution in [2.75, 3.05) is 4.72 Å². The average Bonchev–Trinajstić information content (AvgIpc) is 2.94. The lowest BCUT2D eigenvalue weighted by atomic mass is 10.1. The molecular weight excluding hydrogens is 348 g/mol. The van der Waals surface area contributed by atoms with Gasteiger partial charge in [0.05, 0.1) is 17.5 Å². The van der Waals surface area contributed by atoms with E-state index in [2.05, 4.69) is 9.88 Å². The minimum absolute atomic E-state index is 0.0879. The molecular formula is C17H15ClN2O3S. The van der Waals surface area contributed by atoms with E-state index >= 15 is 0 Å². The first kappa shape index (κ1) is 16.5. The number of benzene rings is 2. The summed E-state index contributed by atoms with van der Waals surface area (Å²) in [6.07, 6.45) is 1.47. The summed E-state index contributed by atoms with van der Waals surface area (Å²) in [6, 6.07) is 14.3. The van der Waals surface area contributed by atoms with Crippen LogP contribution in [0.4, 0.5) is 5.88 Å². The lowest BCUT2D eigenvalue weighted by Gasteiger charge is -2.07. The van der Waals surface area contributed by atoms with Crippen molar-refractivity contribution in [3.63, 3.8) is 0 Å². The molecule has 0 aliphatic carbocycles. The molecule has 0 bridgehead atoms. The molecule has 1 N–H and O–H groups in total. The standard InChI is InChI=1S/C17H15ClN2O3S/c1-12-3-2-4-13(9-12)11-24(21,22)20-17-16(10-19-23-17)14-5-7-15(18)8-6-14/h2-10,20H,11H2,1H3. The number of nitrogens with zero attached hydrogens (tertiary/aromatic N) is 1. The fourth-order valence-corrected chi connectivity index (χ4v) is 3.59. The van der Waals surface area contributed by atoms with Gasteiger partial charge in [0.2, 0.25) is 15.9 Å². The highest BCUT2D eigenvalue weighted by molar-refractivity contribution is 7.91. The van der Waals surface area contributed by atoms with Crippen LogP contribution >= 0.6 is 11.6 Å². The van der Waals surface area contributed by atoms with Gasteiger partial charge in [0, 0.05) is 5.02 Å². The minimum Gasteiger partial charge on any atom is -0.337 e. The van der Waals surface area contributed by atoms with E-state index in [0.717, 1.165) is 11.1 Å². The Morgan fingerprint density at radius 3 is 2.62 bits per heavy atom. The maximum absolute atomic E-state index is 12.4. The third kappa shape index (κ3) is 3.96. The zero-order valence-electron chi connectivity index (χ0n) is 12.9. The molecule has 3 aromatic rings. The van der Waals surface area contributed by atoms with Gasteiger partial charge >= 0.3 is 0 Å². The second-order valence-electron chi connectivity index (χ2n) is 5.43. The fraction of sp³-hybridized carbons (Fsp3) is 0.118. The van der Waals surface area contributed by atoms with Gasteiger partial charge < -0.3 is 4.52 Å². The molecule has 0 saturated carbocycles. The second-order valence-corrected chi connectivity index (χ2v) is 7.58. The molecule has 0 fully saturated rings. The molecule has 0 saturated heterocycles. The Hall–Kier alpha value is -2.31. The second kappa shape index (κ2) is 6.67. The van der Waals surface area contributed by atoms with Gasteiger partial charge in [0.15, 0.2) is 0 Å². The van der Waals surface area contributed by atoms with Crippen molar-refractivity contribution in [2.24, 2.45) is 0 Å². The predicted octanol–water partition coefficient (Wildman–Crippen LogP) is 4.25. The van der Waals surface area contributed by atoms with Crippen molar-refractivity contribution in [2.45, 2.75) is 12.7 Å². The molecule has 124 valence electrons. The molecule has 0 aliphatic rings. The van der Waals surface area contributed by atoms with Crippen LogP contribution in [0.25, 0.3) is 11.1 Å². The van der Waals surface area contributed by atoms with Gasteiger partial charge in [-0.2, -0.15) is 0 Å². The van der Waals surface area contributed by atoms with E-state index in [1.165, 1.54) is 6.20 Å². The fourth-order valence-electron chi connectivity index (χ4n) is 2.35. The SMILES string of the molecule is Cc1cccc(CS(=O)(=O)Nc2oncc2-c2ccc(Cl)cc2)c1. The van der Waals surface area contributed by atoms with E-state index in [-0.39, 0.29) is 11.6 Å². The third-order valence-electron chi connectivity index (χ3n) is 3.41. The normalized spacial score (nSPS) is 11.4. The molecule has 3 rings (SSSR count). The van der Waals surface area contributed by atoms with E-state index in [9.17, 15) is 8.42 Å². The first-order chi connectivity index (χ1) is 11.4. The highest BCUT2D eigenvalue weighted by Crippen LogP contribution is 2.29. The number of aromatic nitrogens is 1. The maximum Gasteiger partial charge on any atom is 0.245 e. The lowest BCUT2D eigenvalue weighted by molar-refractivity contribution is 0.435. The Kier molecular flexibility index (Phi) is 4.59.